The Morgan fingerprint density at radius 3 is 2.62 bits per heavy atom. The molecular formula is C20H23N3O. The van der Waals surface area contributed by atoms with Gasteiger partial charge in [0, 0.05) is 0 Å². The Labute approximate surface area is 142 Å². The zero-order chi connectivity index (χ0) is 17.5. The number of aryl methyl sites for hydroxylation is 1. The first-order chi connectivity index (χ1) is 11.3. The maximum absolute atomic E-state index is 10.5. The van der Waals surface area contributed by atoms with Crippen LogP contribution in [0.4, 0.5) is 0 Å². The monoisotopic (exact) mass is 321 g/mol. The van der Waals surface area contributed by atoms with Crippen LogP contribution in [0.1, 0.15) is 37.5 Å². The van der Waals surface area contributed by atoms with E-state index in [9.17, 15) is 5.11 Å². The van der Waals surface area contributed by atoms with Gasteiger partial charge in [0.1, 0.15) is 22.5 Å². The van der Waals surface area contributed by atoms with Crippen LogP contribution < -0.4 is 0 Å². The highest BCUT2D eigenvalue weighted by atomic mass is 16.3. The Morgan fingerprint density at radius 2 is 1.96 bits per heavy atom. The lowest BCUT2D eigenvalue weighted by atomic mass is 9.85. The summed E-state index contributed by atoms with van der Waals surface area (Å²) >= 11 is 0. The van der Waals surface area contributed by atoms with E-state index in [1.54, 1.807) is 0 Å². The Morgan fingerprint density at radius 1 is 1.21 bits per heavy atom. The number of aromatic nitrogens is 3. The summed E-state index contributed by atoms with van der Waals surface area (Å²) in [7, 11) is 0. The second-order valence-corrected chi connectivity index (χ2v) is 7.18. The quantitative estimate of drug-likeness (QED) is 0.725. The number of rotatable bonds is 3. The van der Waals surface area contributed by atoms with Crippen molar-refractivity contribution in [2.45, 2.75) is 39.5 Å². The van der Waals surface area contributed by atoms with Gasteiger partial charge in [0.05, 0.1) is 0 Å². The molecule has 4 heteroatoms. The van der Waals surface area contributed by atoms with E-state index >= 15 is 0 Å². The smallest absolute Gasteiger partial charge is 0.146 e. The van der Waals surface area contributed by atoms with E-state index in [0.717, 1.165) is 34.1 Å². The van der Waals surface area contributed by atoms with Gasteiger partial charge in [-0.2, -0.15) is 0 Å². The fourth-order valence-corrected chi connectivity index (χ4v) is 2.77. The number of nitrogens with zero attached hydrogens (tertiary/aromatic N) is 3. The molecule has 0 saturated carbocycles. The standard InChI is InChI=1S/C20H23N3O/c1-6-8-14-9-7-10-16-18(14)22-23(21-16)17-12-15(20(3,4)5)11-13(2)19(17)24/h6-7,9-12,24H,1,8H2,2-5H3. The molecule has 3 rings (SSSR count). The number of benzene rings is 2. The number of phenolic OH excluding ortho intramolecular Hbond substituents is 1. The molecule has 0 spiro atoms. The highest BCUT2D eigenvalue weighted by molar-refractivity contribution is 5.78. The molecule has 0 amide bonds. The third-order valence-electron chi connectivity index (χ3n) is 4.22. The van der Waals surface area contributed by atoms with Gasteiger partial charge in [-0.05, 0) is 47.6 Å². The van der Waals surface area contributed by atoms with Crippen molar-refractivity contribution in [2.75, 3.05) is 0 Å². The van der Waals surface area contributed by atoms with Crippen LogP contribution in [-0.4, -0.2) is 20.1 Å². The Bertz CT molecular complexity index is 917. The molecular weight excluding hydrogens is 298 g/mol. The van der Waals surface area contributed by atoms with E-state index in [2.05, 4.69) is 37.5 Å². The third kappa shape index (κ3) is 2.80. The molecule has 3 aromatic rings. The van der Waals surface area contributed by atoms with Crippen molar-refractivity contribution in [1.29, 1.82) is 0 Å². The van der Waals surface area contributed by atoms with E-state index in [1.165, 1.54) is 4.80 Å². The van der Waals surface area contributed by atoms with Crippen LogP contribution >= 0.6 is 0 Å². The van der Waals surface area contributed by atoms with E-state index in [0.29, 0.717) is 5.69 Å². The molecule has 124 valence electrons. The summed E-state index contributed by atoms with van der Waals surface area (Å²) < 4.78 is 0. The first kappa shape index (κ1) is 16.2. The van der Waals surface area contributed by atoms with Crippen LogP contribution in [0.15, 0.2) is 43.0 Å². The first-order valence-corrected chi connectivity index (χ1v) is 8.11. The molecule has 2 aromatic carbocycles. The number of fused-ring (bicyclic) bond motifs is 1. The summed E-state index contributed by atoms with van der Waals surface area (Å²) in [6.45, 7) is 12.2. The topological polar surface area (TPSA) is 50.9 Å². The van der Waals surface area contributed by atoms with Gasteiger partial charge in [0.25, 0.3) is 0 Å². The molecule has 1 heterocycles. The molecule has 0 fully saturated rings. The molecule has 0 saturated heterocycles. The molecule has 0 unspecified atom stereocenters. The van der Waals surface area contributed by atoms with Crippen LogP contribution in [0.5, 0.6) is 5.75 Å². The van der Waals surface area contributed by atoms with Crippen molar-refractivity contribution in [3.8, 4) is 11.4 Å². The van der Waals surface area contributed by atoms with E-state index in [-0.39, 0.29) is 11.2 Å². The van der Waals surface area contributed by atoms with Crippen LogP contribution in [-0.2, 0) is 11.8 Å². The van der Waals surface area contributed by atoms with E-state index in [1.807, 2.05) is 43.3 Å². The molecule has 0 aliphatic heterocycles. The number of hydrogen-bond donors (Lipinski definition) is 1. The molecule has 0 radical (unpaired) electrons. The summed E-state index contributed by atoms with van der Waals surface area (Å²) in [5.74, 6) is 0.216. The fourth-order valence-electron chi connectivity index (χ4n) is 2.77. The first-order valence-electron chi connectivity index (χ1n) is 8.11. The van der Waals surface area contributed by atoms with Crippen molar-refractivity contribution in [2.24, 2.45) is 0 Å². The lowest BCUT2D eigenvalue weighted by molar-refractivity contribution is 0.462. The predicted octanol–water partition coefficient (Wildman–Crippen LogP) is 4.46. The minimum Gasteiger partial charge on any atom is -0.505 e. The largest absolute Gasteiger partial charge is 0.505 e. The third-order valence-corrected chi connectivity index (χ3v) is 4.22. The highest BCUT2D eigenvalue weighted by Gasteiger charge is 2.19. The van der Waals surface area contributed by atoms with Crippen molar-refractivity contribution >= 4 is 11.0 Å². The van der Waals surface area contributed by atoms with Gasteiger partial charge in [-0.3, -0.25) is 0 Å². The molecule has 24 heavy (non-hydrogen) atoms. The summed E-state index contributed by atoms with van der Waals surface area (Å²) in [5.41, 5.74) is 5.29. The second kappa shape index (κ2) is 5.78. The summed E-state index contributed by atoms with van der Waals surface area (Å²) in [5, 5.41) is 19.7. The molecule has 1 N–H and O–H groups in total. The van der Waals surface area contributed by atoms with Gasteiger partial charge in [-0.1, -0.05) is 45.0 Å². The van der Waals surface area contributed by atoms with Gasteiger partial charge in [-0.25, -0.2) is 0 Å². The van der Waals surface area contributed by atoms with Crippen molar-refractivity contribution in [1.82, 2.24) is 15.0 Å². The van der Waals surface area contributed by atoms with Crippen LogP contribution in [0.25, 0.3) is 16.7 Å². The maximum atomic E-state index is 10.5. The van der Waals surface area contributed by atoms with Gasteiger partial charge in [0.15, 0.2) is 0 Å². The number of allylic oxidation sites excluding steroid dienone is 1. The van der Waals surface area contributed by atoms with E-state index < -0.39 is 0 Å². The SMILES string of the molecule is C=CCc1cccc2nn(-c3cc(C(C)(C)C)cc(C)c3O)nc12. The van der Waals surface area contributed by atoms with Crippen molar-refractivity contribution in [3.63, 3.8) is 0 Å². The van der Waals surface area contributed by atoms with E-state index in [4.69, 9.17) is 0 Å². The van der Waals surface area contributed by atoms with Crippen LogP contribution in [0, 0.1) is 6.92 Å². The second-order valence-electron chi connectivity index (χ2n) is 7.18. The number of phenols is 1. The van der Waals surface area contributed by atoms with Gasteiger partial charge < -0.3 is 5.11 Å². The summed E-state index contributed by atoms with van der Waals surface area (Å²) in [6, 6.07) is 9.92. The highest BCUT2D eigenvalue weighted by Crippen LogP contribution is 2.32. The van der Waals surface area contributed by atoms with Crippen molar-refractivity contribution < 1.29 is 5.11 Å². The average molecular weight is 321 g/mol. The zero-order valence-corrected chi connectivity index (χ0v) is 14.7. The van der Waals surface area contributed by atoms with Gasteiger partial charge in [0.2, 0.25) is 0 Å². The molecule has 0 atom stereocenters. The number of hydrogen-bond acceptors (Lipinski definition) is 3. The fraction of sp³-hybridized carbons (Fsp3) is 0.300. The Hall–Kier alpha value is -2.62. The normalized spacial score (nSPS) is 11.8. The number of aromatic hydroxyl groups is 1. The van der Waals surface area contributed by atoms with Crippen LogP contribution in [0.2, 0.25) is 0 Å². The lowest BCUT2D eigenvalue weighted by Gasteiger charge is -2.21. The molecule has 1 aromatic heterocycles. The van der Waals surface area contributed by atoms with Crippen LogP contribution in [0.3, 0.4) is 0 Å². The molecule has 0 aliphatic rings. The van der Waals surface area contributed by atoms with Gasteiger partial charge in [-0.15, -0.1) is 21.6 Å². The predicted molar refractivity (Wildman–Crippen MR) is 97.9 cm³/mol. The minimum absolute atomic E-state index is 0.0201. The minimum atomic E-state index is -0.0201. The molecule has 4 nitrogen and oxygen atoms in total. The Balaban J connectivity index is 2.22. The average Bonchev–Trinajstić information content (AvgIpc) is 2.94. The lowest BCUT2D eigenvalue weighted by Crippen LogP contribution is -2.13. The van der Waals surface area contributed by atoms with Crippen molar-refractivity contribution in [3.05, 3.63) is 59.7 Å². The van der Waals surface area contributed by atoms with Gasteiger partial charge >= 0.3 is 0 Å². The molecule has 0 bridgehead atoms. The Kier molecular flexibility index (Phi) is 3.91. The molecule has 0 aliphatic carbocycles. The summed E-state index contributed by atoms with van der Waals surface area (Å²) in [4.78, 5) is 1.54. The maximum Gasteiger partial charge on any atom is 0.146 e. The zero-order valence-electron chi connectivity index (χ0n) is 14.7. The summed E-state index contributed by atoms with van der Waals surface area (Å²) in [6.07, 6.45) is 2.60.